The van der Waals surface area contributed by atoms with Crippen LogP contribution >= 0.6 is 0 Å². The van der Waals surface area contributed by atoms with Crippen LogP contribution < -0.4 is 5.32 Å². The third-order valence-electron chi connectivity index (χ3n) is 3.65. The van der Waals surface area contributed by atoms with Crippen LogP contribution in [0.2, 0.25) is 0 Å². The van der Waals surface area contributed by atoms with Crippen LogP contribution in [0.15, 0.2) is 33.7 Å². The van der Waals surface area contributed by atoms with Gasteiger partial charge in [0.25, 0.3) is 0 Å². The molecule has 0 unspecified atom stereocenters. The van der Waals surface area contributed by atoms with Gasteiger partial charge < -0.3 is 9.84 Å². The topological polar surface area (TPSA) is 92.5 Å². The molecule has 1 aromatic heterocycles. The average Bonchev–Trinajstić information content (AvgIpc) is 2.87. The number of hydrogen-bond acceptors (Lipinski definition) is 5. The minimum absolute atomic E-state index is 0.00472. The van der Waals surface area contributed by atoms with Gasteiger partial charge in [-0.25, -0.2) is 8.42 Å². The first-order valence-corrected chi connectivity index (χ1v) is 8.97. The van der Waals surface area contributed by atoms with E-state index in [0.29, 0.717) is 5.69 Å². The second kappa shape index (κ2) is 7.14. The predicted octanol–water partition coefficient (Wildman–Crippen LogP) is 2.11. The molecule has 0 spiro atoms. The Morgan fingerprint density at radius 3 is 2.38 bits per heavy atom. The summed E-state index contributed by atoms with van der Waals surface area (Å²) in [5, 5.41) is 6.33. The van der Waals surface area contributed by atoms with Gasteiger partial charge >= 0.3 is 0 Å². The van der Waals surface area contributed by atoms with Crippen molar-refractivity contribution in [2.75, 3.05) is 18.9 Å². The Hall–Kier alpha value is -2.19. The molecule has 8 heteroatoms. The van der Waals surface area contributed by atoms with Crippen molar-refractivity contribution in [3.63, 3.8) is 0 Å². The van der Waals surface area contributed by atoms with Gasteiger partial charge in [0.15, 0.2) is 5.76 Å². The van der Waals surface area contributed by atoms with Crippen LogP contribution in [-0.4, -0.2) is 37.4 Å². The van der Waals surface area contributed by atoms with E-state index in [9.17, 15) is 13.2 Å². The summed E-state index contributed by atoms with van der Waals surface area (Å²) in [6, 6.07) is 7.42. The van der Waals surface area contributed by atoms with Gasteiger partial charge in [0.05, 0.1) is 6.54 Å². The number of amides is 1. The number of nitrogens with zero attached hydrogens (tertiary/aromatic N) is 2. The first-order valence-electron chi connectivity index (χ1n) is 7.53. The summed E-state index contributed by atoms with van der Waals surface area (Å²) in [5.74, 6) is -0.216. The van der Waals surface area contributed by atoms with Gasteiger partial charge in [0, 0.05) is 12.7 Å². The molecular weight excluding hydrogens is 330 g/mol. The van der Waals surface area contributed by atoms with Crippen LogP contribution in [0, 0.1) is 13.8 Å². The number of likely N-dealkylation sites (N-methyl/N-ethyl adjacent to an activating group) is 1. The first kappa shape index (κ1) is 18.2. The molecule has 0 bridgehead atoms. The van der Waals surface area contributed by atoms with E-state index in [-0.39, 0.29) is 22.9 Å². The minimum atomic E-state index is -3.84. The molecule has 1 amide bonds. The minimum Gasteiger partial charge on any atom is -0.360 e. The Kier molecular flexibility index (Phi) is 5.40. The number of benzene rings is 1. The Morgan fingerprint density at radius 1 is 1.25 bits per heavy atom. The fourth-order valence-electron chi connectivity index (χ4n) is 2.31. The highest BCUT2D eigenvalue weighted by Crippen LogP contribution is 2.22. The van der Waals surface area contributed by atoms with Crippen molar-refractivity contribution in [2.45, 2.75) is 32.1 Å². The molecule has 2 rings (SSSR count). The lowest BCUT2D eigenvalue weighted by Gasteiger charge is -2.16. The molecule has 24 heavy (non-hydrogen) atoms. The average molecular weight is 351 g/mol. The van der Waals surface area contributed by atoms with Gasteiger partial charge in [-0.1, -0.05) is 24.2 Å². The fraction of sp³-hybridized carbons (Fsp3) is 0.375. The van der Waals surface area contributed by atoms with E-state index in [2.05, 4.69) is 10.5 Å². The van der Waals surface area contributed by atoms with E-state index < -0.39 is 15.9 Å². The Bertz CT molecular complexity index is 806. The normalized spacial score (nSPS) is 11.7. The van der Waals surface area contributed by atoms with Gasteiger partial charge in [-0.15, -0.1) is 0 Å². The largest absolute Gasteiger partial charge is 0.360 e. The summed E-state index contributed by atoms with van der Waals surface area (Å²) in [6.45, 7) is 4.81. The molecule has 0 aliphatic heterocycles. The SMILES string of the molecule is CCc1ccc(NC(=O)CN(C)S(=O)(=O)c2c(C)noc2C)cc1. The van der Waals surface area contributed by atoms with E-state index in [1.54, 1.807) is 19.1 Å². The Morgan fingerprint density at radius 2 is 1.88 bits per heavy atom. The Balaban J connectivity index is 2.07. The van der Waals surface area contributed by atoms with Gasteiger partial charge in [-0.05, 0) is 38.0 Å². The second-order valence-corrected chi connectivity index (χ2v) is 7.49. The number of carbonyl (C=O) groups excluding carboxylic acids is 1. The first-order chi connectivity index (χ1) is 11.3. The highest BCUT2D eigenvalue weighted by Gasteiger charge is 2.29. The molecule has 0 radical (unpaired) electrons. The summed E-state index contributed by atoms with van der Waals surface area (Å²) >= 11 is 0. The number of nitrogens with one attached hydrogen (secondary N) is 1. The van der Waals surface area contributed by atoms with E-state index in [0.717, 1.165) is 16.3 Å². The van der Waals surface area contributed by atoms with E-state index in [1.807, 2.05) is 19.1 Å². The quantitative estimate of drug-likeness (QED) is 0.860. The smallest absolute Gasteiger partial charge is 0.248 e. The maximum absolute atomic E-state index is 12.6. The zero-order chi connectivity index (χ0) is 17.9. The van der Waals surface area contributed by atoms with Crippen molar-refractivity contribution in [1.29, 1.82) is 0 Å². The zero-order valence-corrected chi connectivity index (χ0v) is 15.0. The molecule has 1 N–H and O–H groups in total. The van der Waals surface area contributed by atoms with Crippen molar-refractivity contribution in [1.82, 2.24) is 9.46 Å². The number of carbonyl (C=O) groups is 1. The van der Waals surface area contributed by atoms with Crippen molar-refractivity contribution >= 4 is 21.6 Å². The van der Waals surface area contributed by atoms with Crippen molar-refractivity contribution in [2.24, 2.45) is 0 Å². The fourth-order valence-corrected chi connectivity index (χ4v) is 3.72. The molecule has 1 heterocycles. The standard InChI is InChI=1S/C16H21N3O4S/c1-5-13-6-8-14(9-7-13)17-15(20)10-19(4)24(21,22)16-11(2)18-23-12(16)3/h6-9H,5,10H2,1-4H3,(H,17,20). The molecule has 1 aromatic carbocycles. The predicted molar refractivity (Wildman–Crippen MR) is 90.2 cm³/mol. The van der Waals surface area contributed by atoms with Gasteiger partial charge in [-0.2, -0.15) is 4.31 Å². The van der Waals surface area contributed by atoms with Gasteiger partial charge in [0.1, 0.15) is 10.6 Å². The third-order valence-corrected chi connectivity index (χ3v) is 5.70. The molecule has 0 fully saturated rings. The lowest BCUT2D eigenvalue weighted by atomic mass is 10.1. The maximum Gasteiger partial charge on any atom is 0.248 e. The highest BCUT2D eigenvalue weighted by molar-refractivity contribution is 7.89. The maximum atomic E-state index is 12.6. The van der Waals surface area contributed by atoms with Crippen LogP contribution in [0.1, 0.15) is 23.9 Å². The van der Waals surface area contributed by atoms with Gasteiger partial charge in [-0.3, -0.25) is 4.79 Å². The van der Waals surface area contributed by atoms with E-state index in [4.69, 9.17) is 4.52 Å². The van der Waals surface area contributed by atoms with Crippen LogP contribution in [0.25, 0.3) is 0 Å². The van der Waals surface area contributed by atoms with E-state index >= 15 is 0 Å². The van der Waals surface area contributed by atoms with Crippen molar-refractivity contribution < 1.29 is 17.7 Å². The van der Waals surface area contributed by atoms with Crippen LogP contribution in [-0.2, 0) is 21.2 Å². The summed E-state index contributed by atoms with van der Waals surface area (Å²) in [4.78, 5) is 12.1. The monoisotopic (exact) mass is 351 g/mol. The van der Waals surface area contributed by atoms with E-state index in [1.165, 1.54) is 14.0 Å². The number of aromatic nitrogens is 1. The number of anilines is 1. The Labute approximate surface area is 141 Å². The molecule has 0 saturated carbocycles. The molecular formula is C16H21N3O4S. The molecule has 0 aliphatic carbocycles. The summed E-state index contributed by atoms with van der Waals surface area (Å²) in [7, 11) is -2.49. The lowest BCUT2D eigenvalue weighted by Crippen LogP contribution is -2.35. The molecule has 2 aromatic rings. The number of hydrogen-bond donors (Lipinski definition) is 1. The van der Waals surface area contributed by atoms with Gasteiger partial charge in [0.2, 0.25) is 15.9 Å². The summed E-state index contributed by atoms with van der Waals surface area (Å²) < 4.78 is 31.0. The van der Waals surface area contributed by atoms with Crippen molar-refractivity contribution in [3.05, 3.63) is 41.3 Å². The van der Waals surface area contributed by atoms with Crippen LogP contribution in [0.5, 0.6) is 0 Å². The molecule has 0 saturated heterocycles. The molecule has 0 aliphatic rings. The molecule has 0 atom stereocenters. The second-order valence-electron chi connectivity index (χ2n) is 5.51. The number of aryl methyl sites for hydroxylation is 3. The number of sulfonamides is 1. The van der Waals surface area contributed by atoms with Crippen LogP contribution in [0.4, 0.5) is 5.69 Å². The lowest BCUT2D eigenvalue weighted by molar-refractivity contribution is -0.116. The summed E-state index contributed by atoms with van der Waals surface area (Å²) in [6.07, 6.45) is 0.909. The van der Waals surface area contributed by atoms with Crippen molar-refractivity contribution in [3.8, 4) is 0 Å². The highest BCUT2D eigenvalue weighted by atomic mass is 32.2. The van der Waals surface area contributed by atoms with Crippen LogP contribution in [0.3, 0.4) is 0 Å². The number of rotatable bonds is 6. The zero-order valence-electron chi connectivity index (χ0n) is 14.2. The molecule has 130 valence electrons. The molecule has 7 nitrogen and oxygen atoms in total. The summed E-state index contributed by atoms with van der Waals surface area (Å²) in [5.41, 5.74) is 2.06. The third kappa shape index (κ3) is 3.82.